The van der Waals surface area contributed by atoms with E-state index in [1.807, 2.05) is 6.92 Å². The Hall–Kier alpha value is -1.66. The lowest BCUT2D eigenvalue weighted by molar-refractivity contribution is -0.386. The molecular formula is C10H14N2O4. The minimum atomic E-state index is -0.815. The molecular weight excluding hydrogens is 212 g/mol. The Kier molecular flexibility index (Phi) is 3.81. The Bertz CT molecular complexity index is 406. The molecule has 0 aliphatic heterocycles. The summed E-state index contributed by atoms with van der Waals surface area (Å²) >= 11 is 0. The molecule has 0 aliphatic carbocycles. The van der Waals surface area contributed by atoms with Crippen LogP contribution >= 0.6 is 0 Å². The van der Waals surface area contributed by atoms with Crippen LogP contribution in [0.3, 0.4) is 0 Å². The largest absolute Gasteiger partial charge is 0.502 e. The lowest BCUT2D eigenvalue weighted by Gasteiger charge is -2.12. The fourth-order valence-electron chi connectivity index (χ4n) is 1.43. The maximum absolute atomic E-state index is 10.7. The van der Waals surface area contributed by atoms with Gasteiger partial charge in [-0.2, -0.15) is 0 Å². The highest BCUT2D eigenvalue weighted by Gasteiger charge is 2.21. The first kappa shape index (κ1) is 12.4. The monoisotopic (exact) mass is 226 g/mol. The van der Waals surface area contributed by atoms with E-state index in [9.17, 15) is 15.2 Å². The first-order chi connectivity index (χ1) is 7.51. The van der Waals surface area contributed by atoms with Crippen molar-refractivity contribution in [2.75, 3.05) is 6.61 Å². The van der Waals surface area contributed by atoms with Crippen molar-refractivity contribution in [3.8, 4) is 5.75 Å². The molecule has 0 unspecified atom stereocenters. The van der Waals surface area contributed by atoms with E-state index in [1.165, 1.54) is 6.07 Å². The summed E-state index contributed by atoms with van der Waals surface area (Å²) in [4.78, 5) is 10.0. The van der Waals surface area contributed by atoms with Gasteiger partial charge in [0, 0.05) is 11.6 Å². The van der Waals surface area contributed by atoms with E-state index >= 15 is 0 Å². The average molecular weight is 226 g/mol. The summed E-state index contributed by atoms with van der Waals surface area (Å²) in [6, 6.07) is 2.07. The maximum atomic E-state index is 10.7. The molecule has 0 aromatic heterocycles. The number of nitro groups is 1. The van der Waals surface area contributed by atoms with Gasteiger partial charge in [-0.25, -0.2) is 0 Å². The zero-order chi connectivity index (χ0) is 12.3. The molecule has 4 N–H and O–H groups in total. The third-order valence-corrected chi connectivity index (χ3v) is 2.38. The molecule has 0 bridgehead atoms. The number of benzene rings is 1. The molecule has 16 heavy (non-hydrogen) atoms. The molecule has 0 aliphatic rings. The maximum Gasteiger partial charge on any atom is 0.311 e. The van der Waals surface area contributed by atoms with Crippen LogP contribution in [0.4, 0.5) is 5.69 Å². The number of aliphatic hydroxyl groups excluding tert-OH is 1. The predicted molar refractivity (Wildman–Crippen MR) is 58.2 cm³/mol. The molecule has 1 aromatic carbocycles. The molecule has 1 aromatic rings. The summed E-state index contributed by atoms with van der Waals surface area (Å²) < 4.78 is 0. The van der Waals surface area contributed by atoms with Crippen molar-refractivity contribution in [1.82, 2.24) is 0 Å². The van der Waals surface area contributed by atoms with Gasteiger partial charge in [0.2, 0.25) is 0 Å². The number of aromatic hydroxyl groups is 1. The number of aryl methyl sites for hydroxylation is 1. The molecule has 1 atom stereocenters. The molecule has 6 nitrogen and oxygen atoms in total. The van der Waals surface area contributed by atoms with Crippen molar-refractivity contribution in [2.24, 2.45) is 5.73 Å². The standard InChI is InChI=1S/C10H14N2O4/c1-2-6-3-7(8(11)5-13)10(14)9(4-6)12(15)16/h3-4,8,13-14H,2,5,11H2,1H3/t8-/m1/s1. The number of aliphatic hydroxyl groups is 1. The van der Waals surface area contributed by atoms with Gasteiger partial charge in [0.25, 0.3) is 0 Å². The van der Waals surface area contributed by atoms with Crippen LogP contribution in [-0.2, 0) is 6.42 Å². The first-order valence-corrected chi connectivity index (χ1v) is 4.87. The van der Waals surface area contributed by atoms with Gasteiger partial charge in [-0.1, -0.05) is 6.92 Å². The van der Waals surface area contributed by atoms with Gasteiger partial charge < -0.3 is 15.9 Å². The highest BCUT2D eigenvalue weighted by Crippen LogP contribution is 2.34. The van der Waals surface area contributed by atoms with Gasteiger partial charge in [0.05, 0.1) is 17.6 Å². The summed E-state index contributed by atoms with van der Waals surface area (Å²) in [7, 11) is 0. The minimum Gasteiger partial charge on any atom is -0.502 e. The van der Waals surface area contributed by atoms with Crippen molar-refractivity contribution < 1.29 is 15.1 Å². The van der Waals surface area contributed by atoms with Crippen molar-refractivity contribution in [2.45, 2.75) is 19.4 Å². The zero-order valence-electron chi connectivity index (χ0n) is 8.88. The molecule has 0 fully saturated rings. The van der Waals surface area contributed by atoms with Crippen LogP contribution in [0.5, 0.6) is 5.75 Å². The summed E-state index contributed by atoms with van der Waals surface area (Å²) in [6.45, 7) is 1.46. The van der Waals surface area contributed by atoms with Crippen molar-refractivity contribution >= 4 is 5.69 Å². The molecule has 6 heteroatoms. The van der Waals surface area contributed by atoms with Gasteiger partial charge in [-0.05, 0) is 18.1 Å². The summed E-state index contributed by atoms with van der Waals surface area (Å²) in [5.41, 5.74) is 6.08. The second-order valence-electron chi connectivity index (χ2n) is 3.45. The number of phenols is 1. The molecule has 0 saturated carbocycles. The van der Waals surface area contributed by atoms with E-state index in [4.69, 9.17) is 10.8 Å². The Morgan fingerprint density at radius 2 is 2.19 bits per heavy atom. The Morgan fingerprint density at radius 1 is 1.56 bits per heavy atom. The summed E-state index contributed by atoms with van der Waals surface area (Å²) in [5, 5.41) is 29.2. The average Bonchev–Trinajstić information content (AvgIpc) is 2.28. The Balaban J connectivity index is 3.37. The zero-order valence-corrected chi connectivity index (χ0v) is 8.88. The predicted octanol–water partition coefficient (Wildman–Crippen LogP) is 0.855. The van der Waals surface area contributed by atoms with E-state index in [1.54, 1.807) is 6.07 Å². The van der Waals surface area contributed by atoms with Crippen LogP contribution in [0.1, 0.15) is 24.1 Å². The van der Waals surface area contributed by atoms with E-state index in [0.29, 0.717) is 12.0 Å². The second kappa shape index (κ2) is 4.91. The normalized spacial score (nSPS) is 12.4. The summed E-state index contributed by atoms with van der Waals surface area (Å²) in [5.74, 6) is -0.469. The van der Waals surface area contributed by atoms with Crippen LogP contribution in [-0.4, -0.2) is 21.7 Å². The molecule has 0 saturated heterocycles. The fourth-order valence-corrected chi connectivity index (χ4v) is 1.43. The van der Waals surface area contributed by atoms with Gasteiger partial charge in [0.15, 0.2) is 5.75 Å². The van der Waals surface area contributed by atoms with Crippen molar-refractivity contribution in [3.63, 3.8) is 0 Å². The van der Waals surface area contributed by atoms with E-state index in [0.717, 1.165) is 0 Å². The van der Waals surface area contributed by atoms with Crippen molar-refractivity contribution in [3.05, 3.63) is 33.4 Å². The first-order valence-electron chi connectivity index (χ1n) is 4.87. The number of nitrogens with two attached hydrogens (primary N) is 1. The number of hydrogen-bond acceptors (Lipinski definition) is 5. The topological polar surface area (TPSA) is 110 Å². The third kappa shape index (κ3) is 2.29. The smallest absolute Gasteiger partial charge is 0.311 e. The molecule has 0 heterocycles. The SMILES string of the molecule is CCc1cc([C@H](N)CO)c(O)c([N+](=O)[O-])c1. The highest BCUT2D eigenvalue weighted by molar-refractivity contribution is 5.54. The van der Waals surface area contributed by atoms with Gasteiger partial charge >= 0.3 is 5.69 Å². The van der Waals surface area contributed by atoms with E-state index < -0.39 is 16.7 Å². The van der Waals surface area contributed by atoms with Crippen LogP contribution in [0.15, 0.2) is 12.1 Å². The van der Waals surface area contributed by atoms with Crippen LogP contribution < -0.4 is 5.73 Å². The number of phenolic OH excluding ortho intramolecular Hbond substituents is 1. The number of rotatable bonds is 4. The Labute approximate surface area is 92.5 Å². The third-order valence-electron chi connectivity index (χ3n) is 2.38. The lowest BCUT2D eigenvalue weighted by atomic mass is 10.0. The number of nitrogens with zero attached hydrogens (tertiary/aromatic N) is 1. The molecule has 88 valence electrons. The fraction of sp³-hybridized carbons (Fsp3) is 0.400. The van der Waals surface area contributed by atoms with Gasteiger partial charge in [-0.3, -0.25) is 10.1 Å². The summed E-state index contributed by atoms with van der Waals surface area (Å²) in [6.07, 6.45) is 0.590. The van der Waals surface area contributed by atoms with Gasteiger partial charge in [0.1, 0.15) is 0 Å². The minimum absolute atomic E-state index is 0.202. The second-order valence-corrected chi connectivity index (χ2v) is 3.45. The van der Waals surface area contributed by atoms with Gasteiger partial charge in [-0.15, -0.1) is 0 Å². The quantitative estimate of drug-likeness (QED) is 0.521. The highest BCUT2D eigenvalue weighted by atomic mass is 16.6. The van der Waals surface area contributed by atoms with Crippen LogP contribution in [0.25, 0.3) is 0 Å². The van der Waals surface area contributed by atoms with E-state index in [-0.39, 0.29) is 17.9 Å². The molecule has 0 spiro atoms. The van der Waals surface area contributed by atoms with Crippen LogP contribution in [0.2, 0.25) is 0 Å². The Morgan fingerprint density at radius 3 is 2.62 bits per heavy atom. The number of hydrogen-bond donors (Lipinski definition) is 3. The molecule has 1 rings (SSSR count). The molecule has 0 radical (unpaired) electrons. The number of nitro benzene ring substituents is 1. The lowest BCUT2D eigenvalue weighted by Crippen LogP contribution is -2.15. The molecule has 0 amide bonds. The van der Waals surface area contributed by atoms with E-state index in [2.05, 4.69) is 0 Å². The van der Waals surface area contributed by atoms with Crippen molar-refractivity contribution in [1.29, 1.82) is 0 Å². The van der Waals surface area contributed by atoms with Crippen LogP contribution in [0, 0.1) is 10.1 Å².